The molecule has 0 rings (SSSR count). The topological polar surface area (TPSA) is 12.5 Å². The highest BCUT2D eigenvalue weighted by Gasteiger charge is 2.15. The molecule has 0 aromatic carbocycles. The number of unbranched alkanes of at least 4 members (excludes halogenated alkanes) is 9. The van der Waals surface area contributed by atoms with Crippen molar-refractivity contribution in [1.82, 2.24) is 5.06 Å². The van der Waals surface area contributed by atoms with E-state index in [-0.39, 0.29) is 17.3 Å². The summed E-state index contributed by atoms with van der Waals surface area (Å²) in [6, 6.07) is 0. The lowest BCUT2D eigenvalue weighted by Gasteiger charge is -2.24. The largest absolute Gasteiger partial charge is 0.297 e. The molecule has 0 aliphatic carbocycles. The zero-order chi connectivity index (χ0) is 16.0. The molecular weight excluding hydrogens is 317 g/mol. The van der Waals surface area contributed by atoms with E-state index in [4.69, 9.17) is 16.4 Å². The van der Waals surface area contributed by atoms with Gasteiger partial charge < -0.3 is 0 Å². The number of hydroxylamine groups is 2. The molecule has 4 heteroatoms. The van der Waals surface area contributed by atoms with Crippen LogP contribution in [0.25, 0.3) is 0 Å². The van der Waals surface area contributed by atoms with E-state index in [1.807, 2.05) is 13.8 Å². The highest BCUT2D eigenvalue weighted by Crippen LogP contribution is 2.14. The van der Waals surface area contributed by atoms with Gasteiger partial charge in [-0.25, -0.2) is 0 Å². The van der Waals surface area contributed by atoms with Crippen molar-refractivity contribution >= 4 is 24.0 Å². The highest BCUT2D eigenvalue weighted by atomic mass is 35.5. The lowest BCUT2D eigenvalue weighted by Crippen LogP contribution is -2.31. The Labute approximate surface area is 150 Å². The molecule has 0 atom stereocenters. The van der Waals surface area contributed by atoms with E-state index in [0.717, 1.165) is 13.1 Å². The van der Waals surface area contributed by atoms with E-state index in [9.17, 15) is 0 Å². The van der Waals surface area contributed by atoms with Gasteiger partial charge in [-0.1, -0.05) is 71.6 Å². The number of nitrogens with zero attached hydrogens (tertiary/aromatic N) is 1. The van der Waals surface area contributed by atoms with Crippen LogP contribution in [0.2, 0.25) is 0 Å². The number of hydrogen-bond acceptors (Lipinski definition) is 2. The van der Waals surface area contributed by atoms with Crippen molar-refractivity contribution in [2.24, 2.45) is 0 Å². The predicted octanol–water partition coefficient (Wildman–Crippen LogP) is 6.60. The van der Waals surface area contributed by atoms with Gasteiger partial charge in [-0.2, -0.15) is 5.06 Å². The first-order valence-electron chi connectivity index (χ1n) is 9.06. The lowest BCUT2D eigenvalue weighted by atomic mass is 10.1. The maximum absolute atomic E-state index is 6.15. The molecule has 0 bridgehead atoms. The molecule has 0 radical (unpaired) electrons. The molecule has 2 nitrogen and oxygen atoms in total. The number of rotatable bonds is 15. The summed E-state index contributed by atoms with van der Waals surface area (Å²) in [5.41, 5.74) is 0. The van der Waals surface area contributed by atoms with Crippen LogP contribution in [-0.2, 0) is 4.84 Å². The first-order chi connectivity index (χ1) is 9.99. The van der Waals surface area contributed by atoms with Gasteiger partial charge in [-0.3, -0.25) is 4.84 Å². The van der Waals surface area contributed by atoms with Gasteiger partial charge in [0.15, 0.2) is 0 Å². The molecule has 0 heterocycles. The fourth-order valence-corrected chi connectivity index (χ4v) is 2.38. The summed E-state index contributed by atoms with van der Waals surface area (Å²) >= 11 is 6.15. The smallest absolute Gasteiger partial charge is 0.0871 e. The van der Waals surface area contributed by atoms with Crippen LogP contribution < -0.4 is 0 Å². The van der Waals surface area contributed by atoms with Crippen molar-refractivity contribution < 1.29 is 4.84 Å². The van der Waals surface area contributed by atoms with Gasteiger partial charge >= 0.3 is 0 Å². The normalized spacial score (nSPS) is 11.7. The van der Waals surface area contributed by atoms with Crippen LogP contribution in [0.15, 0.2) is 0 Å². The minimum atomic E-state index is -0.273. The average molecular weight is 356 g/mol. The van der Waals surface area contributed by atoms with Crippen LogP contribution in [0, 0.1) is 0 Å². The summed E-state index contributed by atoms with van der Waals surface area (Å²) in [6.07, 6.45) is 13.8. The Morgan fingerprint density at radius 3 is 1.68 bits per heavy atom. The summed E-state index contributed by atoms with van der Waals surface area (Å²) in [6.45, 7) is 10.9. The molecule has 136 valence electrons. The second kappa shape index (κ2) is 16.4. The van der Waals surface area contributed by atoms with Crippen molar-refractivity contribution in [3.8, 4) is 0 Å². The molecule has 0 unspecified atom stereocenters. The Morgan fingerprint density at radius 1 is 0.818 bits per heavy atom. The zero-order valence-corrected chi connectivity index (χ0v) is 16.9. The van der Waals surface area contributed by atoms with E-state index in [1.54, 1.807) is 0 Å². The molecule has 0 saturated carbocycles. The van der Waals surface area contributed by atoms with Crippen LogP contribution in [0.5, 0.6) is 0 Å². The predicted molar refractivity (Wildman–Crippen MR) is 102 cm³/mol. The molecule has 0 aliphatic heterocycles. The van der Waals surface area contributed by atoms with Crippen LogP contribution in [0.4, 0.5) is 0 Å². The van der Waals surface area contributed by atoms with Crippen molar-refractivity contribution in [3.05, 3.63) is 0 Å². The SMILES string of the molecule is CCCCCCCCCCCCN(CC)OCC(C)(C)Cl.Cl. The van der Waals surface area contributed by atoms with Gasteiger partial charge in [-0.15, -0.1) is 24.0 Å². The van der Waals surface area contributed by atoms with E-state index in [1.165, 1.54) is 64.2 Å². The Morgan fingerprint density at radius 2 is 1.27 bits per heavy atom. The Bertz CT molecular complexity index is 220. The molecular formula is C18H39Cl2NO. The summed E-state index contributed by atoms with van der Waals surface area (Å²) < 4.78 is 0. The quantitative estimate of drug-likeness (QED) is 0.186. The van der Waals surface area contributed by atoms with E-state index in [2.05, 4.69) is 18.9 Å². The third kappa shape index (κ3) is 18.5. The van der Waals surface area contributed by atoms with Crippen molar-refractivity contribution in [1.29, 1.82) is 0 Å². The highest BCUT2D eigenvalue weighted by molar-refractivity contribution is 6.23. The molecule has 0 spiro atoms. The van der Waals surface area contributed by atoms with Crippen LogP contribution in [0.1, 0.15) is 91.9 Å². The summed E-state index contributed by atoms with van der Waals surface area (Å²) in [5, 5.41) is 2.05. The second-order valence-electron chi connectivity index (χ2n) is 6.70. The van der Waals surface area contributed by atoms with Crippen molar-refractivity contribution in [2.45, 2.75) is 96.8 Å². The van der Waals surface area contributed by atoms with Gasteiger partial charge in [0.2, 0.25) is 0 Å². The van der Waals surface area contributed by atoms with Gasteiger partial charge in [0.1, 0.15) is 0 Å². The summed E-state index contributed by atoms with van der Waals surface area (Å²) in [7, 11) is 0. The molecule has 0 amide bonds. The van der Waals surface area contributed by atoms with E-state index >= 15 is 0 Å². The third-order valence-electron chi connectivity index (χ3n) is 3.70. The minimum Gasteiger partial charge on any atom is -0.297 e. The molecule has 22 heavy (non-hydrogen) atoms. The number of alkyl halides is 1. The first kappa shape index (κ1) is 24.7. The van der Waals surface area contributed by atoms with Crippen LogP contribution >= 0.6 is 24.0 Å². The average Bonchev–Trinajstić information content (AvgIpc) is 2.43. The van der Waals surface area contributed by atoms with Gasteiger partial charge in [-0.05, 0) is 20.3 Å². The molecule has 0 aromatic rings. The minimum absolute atomic E-state index is 0. The third-order valence-corrected chi connectivity index (χ3v) is 3.81. The van der Waals surface area contributed by atoms with Crippen molar-refractivity contribution in [2.75, 3.05) is 19.7 Å². The monoisotopic (exact) mass is 355 g/mol. The fourth-order valence-electron chi connectivity index (χ4n) is 2.33. The Kier molecular flexibility index (Phi) is 18.4. The lowest BCUT2D eigenvalue weighted by molar-refractivity contribution is -0.161. The maximum Gasteiger partial charge on any atom is 0.0871 e. The van der Waals surface area contributed by atoms with Gasteiger partial charge in [0, 0.05) is 13.1 Å². The molecule has 0 aromatic heterocycles. The first-order valence-corrected chi connectivity index (χ1v) is 9.44. The number of halogens is 2. The molecule has 0 aliphatic rings. The molecule has 0 N–H and O–H groups in total. The maximum atomic E-state index is 6.15. The Balaban J connectivity index is 0. The van der Waals surface area contributed by atoms with E-state index in [0.29, 0.717) is 6.61 Å². The van der Waals surface area contributed by atoms with E-state index < -0.39 is 0 Å². The fraction of sp³-hybridized carbons (Fsp3) is 1.00. The summed E-state index contributed by atoms with van der Waals surface area (Å²) in [5.74, 6) is 0. The van der Waals surface area contributed by atoms with Crippen LogP contribution in [0.3, 0.4) is 0 Å². The molecule has 0 fully saturated rings. The van der Waals surface area contributed by atoms with Gasteiger partial charge in [0.25, 0.3) is 0 Å². The Hall–Kier alpha value is 0.500. The second-order valence-corrected chi connectivity index (χ2v) is 7.72. The van der Waals surface area contributed by atoms with Gasteiger partial charge in [0.05, 0.1) is 11.5 Å². The molecule has 0 saturated heterocycles. The summed E-state index contributed by atoms with van der Waals surface area (Å²) in [4.78, 5) is 5.47. The number of hydrogen-bond donors (Lipinski definition) is 0. The standard InChI is InChI=1S/C18H38ClNO.ClH/c1-5-7-8-9-10-11-12-13-14-15-16-20(6-2)21-17-18(3,4)19;/h5-17H2,1-4H3;1H. The van der Waals surface area contributed by atoms with Crippen LogP contribution in [-0.4, -0.2) is 29.6 Å². The zero-order valence-electron chi connectivity index (χ0n) is 15.3. The van der Waals surface area contributed by atoms with Crippen molar-refractivity contribution in [3.63, 3.8) is 0 Å².